The van der Waals surface area contributed by atoms with Crippen molar-refractivity contribution in [2.24, 2.45) is 5.41 Å². The van der Waals surface area contributed by atoms with Crippen molar-refractivity contribution in [3.8, 4) is 0 Å². The van der Waals surface area contributed by atoms with E-state index >= 15 is 0 Å². The summed E-state index contributed by atoms with van der Waals surface area (Å²) in [5, 5.41) is 7.54. The van der Waals surface area contributed by atoms with Crippen molar-refractivity contribution in [2.75, 3.05) is 25.6 Å². The molecule has 1 N–H and O–H groups in total. The number of methoxy groups -OCH3 is 1. The third kappa shape index (κ3) is 3.28. The van der Waals surface area contributed by atoms with Gasteiger partial charge in [-0.25, -0.2) is 4.68 Å². The molecule has 0 spiro atoms. The van der Waals surface area contributed by atoms with Gasteiger partial charge < -0.3 is 10.1 Å². The van der Waals surface area contributed by atoms with Gasteiger partial charge in [0.05, 0.1) is 25.0 Å². The molecule has 1 aliphatic rings. The first-order valence-electron chi connectivity index (χ1n) is 6.54. The van der Waals surface area contributed by atoms with Crippen molar-refractivity contribution in [1.29, 1.82) is 0 Å². The molecule has 0 unspecified atom stereocenters. The van der Waals surface area contributed by atoms with Crippen molar-refractivity contribution in [3.05, 3.63) is 21.6 Å². The molecule has 6 heteroatoms. The predicted molar refractivity (Wildman–Crippen MR) is 75.8 cm³/mol. The molecule has 2 rings (SSSR count). The number of hydrogen-bond acceptors (Lipinski definition) is 4. The molecule has 0 aliphatic heterocycles. The fourth-order valence-corrected chi connectivity index (χ4v) is 2.40. The first-order valence-corrected chi connectivity index (χ1v) is 6.92. The molecule has 5 nitrogen and oxygen atoms in total. The Labute approximate surface area is 117 Å². The lowest BCUT2D eigenvalue weighted by Gasteiger charge is -2.38. The summed E-state index contributed by atoms with van der Waals surface area (Å²) in [7, 11) is 1.59. The standard InChI is InChI=1S/C13H20ClN3O2/c1-13(4-3-5-13)9-15-10-8-16-17(6-7-19-2)12(18)11(10)14/h8,15H,3-7,9H2,1-2H3. The molecule has 0 saturated heterocycles. The molecule has 106 valence electrons. The zero-order valence-corrected chi connectivity index (χ0v) is 12.2. The van der Waals surface area contributed by atoms with E-state index in [1.165, 1.54) is 23.9 Å². The van der Waals surface area contributed by atoms with Gasteiger partial charge in [0.2, 0.25) is 0 Å². The highest BCUT2D eigenvalue weighted by Crippen LogP contribution is 2.40. The van der Waals surface area contributed by atoms with Crippen molar-refractivity contribution in [1.82, 2.24) is 9.78 Å². The maximum absolute atomic E-state index is 12.0. The van der Waals surface area contributed by atoms with Gasteiger partial charge in [-0.1, -0.05) is 24.9 Å². The minimum atomic E-state index is -0.275. The molecular formula is C13H20ClN3O2. The number of ether oxygens (including phenoxy) is 1. The van der Waals surface area contributed by atoms with Crippen LogP contribution in [0.5, 0.6) is 0 Å². The molecule has 0 amide bonds. The van der Waals surface area contributed by atoms with Crippen LogP contribution in [0.3, 0.4) is 0 Å². The molecule has 1 heterocycles. The van der Waals surface area contributed by atoms with Crippen molar-refractivity contribution < 1.29 is 4.74 Å². The summed E-state index contributed by atoms with van der Waals surface area (Å²) in [4.78, 5) is 12.0. The van der Waals surface area contributed by atoms with Crippen LogP contribution in [-0.4, -0.2) is 30.0 Å². The Balaban J connectivity index is 2.05. The summed E-state index contributed by atoms with van der Waals surface area (Å²) in [5.74, 6) is 0. The minimum Gasteiger partial charge on any atom is -0.383 e. The summed E-state index contributed by atoms with van der Waals surface area (Å²) >= 11 is 6.09. The fraction of sp³-hybridized carbons (Fsp3) is 0.692. The van der Waals surface area contributed by atoms with Gasteiger partial charge in [0.25, 0.3) is 5.56 Å². The van der Waals surface area contributed by atoms with Crippen LogP contribution in [0.25, 0.3) is 0 Å². The Kier molecular flexibility index (Phi) is 4.47. The van der Waals surface area contributed by atoms with E-state index in [9.17, 15) is 4.79 Å². The van der Waals surface area contributed by atoms with E-state index in [2.05, 4.69) is 17.3 Å². The Hall–Kier alpha value is -1.07. The van der Waals surface area contributed by atoms with E-state index in [-0.39, 0.29) is 10.6 Å². The van der Waals surface area contributed by atoms with Crippen LogP contribution < -0.4 is 10.9 Å². The van der Waals surface area contributed by atoms with Crippen molar-refractivity contribution in [3.63, 3.8) is 0 Å². The number of halogens is 1. The Morgan fingerprint density at radius 1 is 1.58 bits per heavy atom. The van der Waals surface area contributed by atoms with Gasteiger partial charge in [-0.15, -0.1) is 0 Å². The summed E-state index contributed by atoms with van der Waals surface area (Å²) in [6, 6.07) is 0. The van der Waals surface area contributed by atoms with Crippen LogP contribution in [0, 0.1) is 5.41 Å². The SMILES string of the molecule is COCCn1ncc(NCC2(C)CCC2)c(Cl)c1=O. The maximum atomic E-state index is 12.0. The first-order chi connectivity index (χ1) is 9.06. The number of nitrogens with zero attached hydrogens (tertiary/aromatic N) is 2. The topological polar surface area (TPSA) is 56.1 Å². The Bertz CT molecular complexity index is 497. The highest BCUT2D eigenvalue weighted by molar-refractivity contribution is 6.32. The monoisotopic (exact) mass is 285 g/mol. The van der Waals surface area contributed by atoms with Crippen LogP contribution >= 0.6 is 11.6 Å². The largest absolute Gasteiger partial charge is 0.383 e. The lowest BCUT2D eigenvalue weighted by Crippen LogP contribution is -2.34. The first kappa shape index (κ1) is 14.3. The third-order valence-electron chi connectivity index (χ3n) is 3.76. The molecule has 1 aliphatic carbocycles. The second-order valence-electron chi connectivity index (χ2n) is 5.41. The van der Waals surface area contributed by atoms with Gasteiger partial charge in [-0.05, 0) is 18.3 Å². The molecule has 1 aromatic heterocycles. The second kappa shape index (κ2) is 5.92. The molecule has 1 aromatic rings. The zero-order chi connectivity index (χ0) is 13.9. The summed E-state index contributed by atoms with van der Waals surface area (Å²) in [6.07, 6.45) is 5.33. The van der Waals surface area contributed by atoms with Crippen LogP contribution in [0.15, 0.2) is 11.0 Å². The second-order valence-corrected chi connectivity index (χ2v) is 5.79. The average molecular weight is 286 g/mol. The molecule has 0 bridgehead atoms. The lowest BCUT2D eigenvalue weighted by atomic mass is 9.70. The van der Waals surface area contributed by atoms with Gasteiger partial charge >= 0.3 is 0 Å². The molecule has 0 radical (unpaired) electrons. The normalized spacial score (nSPS) is 17.0. The highest BCUT2D eigenvalue weighted by Gasteiger charge is 2.31. The van der Waals surface area contributed by atoms with Crippen LogP contribution in [0.1, 0.15) is 26.2 Å². The molecule has 0 atom stereocenters. The Morgan fingerprint density at radius 3 is 2.89 bits per heavy atom. The summed E-state index contributed by atoms with van der Waals surface area (Å²) in [6.45, 7) is 3.92. The van der Waals surface area contributed by atoms with Gasteiger partial charge in [0.1, 0.15) is 5.02 Å². The number of hydrogen-bond donors (Lipinski definition) is 1. The van der Waals surface area contributed by atoms with E-state index in [1.54, 1.807) is 13.3 Å². The van der Waals surface area contributed by atoms with Crippen molar-refractivity contribution in [2.45, 2.75) is 32.7 Å². The highest BCUT2D eigenvalue weighted by atomic mass is 35.5. The van der Waals surface area contributed by atoms with E-state index < -0.39 is 0 Å². The van der Waals surface area contributed by atoms with E-state index in [1.807, 2.05) is 0 Å². The van der Waals surface area contributed by atoms with E-state index in [0.717, 1.165) is 6.54 Å². The number of rotatable bonds is 6. The maximum Gasteiger partial charge on any atom is 0.287 e. The van der Waals surface area contributed by atoms with Gasteiger partial charge in [0.15, 0.2) is 0 Å². The van der Waals surface area contributed by atoms with Gasteiger partial charge in [-0.2, -0.15) is 5.10 Å². The lowest BCUT2D eigenvalue weighted by molar-refractivity contribution is 0.179. The molecular weight excluding hydrogens is 266 g/mol. The zero-order valence-electron chi connectivity index (χ0n) is 11.4. The smallest absolute Gasteiger partial charge is 0.287 e. The summed E-state index contributed by atoms with van der Waals surface area (Å²) < 4.78 is 6.25. The van der Waals surface area contributed by atoms with Gasteiger partial charge in [0, 0.05) is 13.7 Å². The van der Waals surface area contributed by atoms with Crippen LogP contribution in [0.4, 0.5) is 5.69 Å². The number of aromatic nitrogens is 2. The van der Waals surface area contributed by atoms with Crippen LogP contribution in [-0.2, 0) is 11.3 Å². The number of anilines is 1. The molecule has 19 heavy (non-hydrogen) atoms. The average Bonchev–Trinajstić information content (AvgIpc) is 2.37. The Morgan fingerprint density at radius 2 is 2.32 bits per heavy atom. The predicted octanol–water partition coefficient (Wildman–Crippen LogP) is 2.15. The molecule has 0 aromatic carbocycles. The number of nitrogens with one attached hydrogen (secondary N) is 1. The van der Waals surface area contributed by atoms with E-state index in [4.69, 9.17) is 16.3 Å². The quantitative estimate of drug-likeness (QED) is 0.870. The van der Waals surface area contributed by atoms with Crippen LogP contribution in [0.2, 0.25) is 5.02 Å². The fourth-order valence-electron chi connectivity index (χ4n) is 2.19. The molecule has 1 fully saturated rings. The van der Waals surface area contributed by atoms with E-state index in [0.29, 0.717) is 24.3 Å². The van der Waals surface area contributed by atoms with Crippen molar-refractivity contribution >= 4 is 17.3 Å². The third-order valence-corrected chi connectivity index (χ3v) is 4.12. The minimum absolute atomic E-state index is 0.203. The molecule has 1 saturated carbocycles. The van der Waals surface area contributed by atoms with Gasteiger partial charge in [-0.3, -0.25) is 4.79 Å². The summed E-state index contributed by atoms with van der Waals surface area (Å²) in [5.41, 5.74) is 0.671.